The average molecular weight is 363 g/mol. The monoisotopic (exact) mass is 362 g/mol. The second kappa shape index (κ2) is 6.58. The number of amides is 2. The van der Waals surface area contributed by atoms with Gasteiger partial charge in [0.1, 0.15) is 0 Å². The zero-order valence-electron chi connectivity index (χ0n) is 13.8. The average Bonchev–Trinajstić information content (AvgIpc) is 3.23. The lowest BCUT2D eigenvalue weighted by Gasteiger charge is -2.28. The lowest BCUT2D eigenvalue weighted by atomic mass is 9.98. The smallest absolute Gasteiger partial charge is 0.270 e. The summed E-state index contributed by atoms with van der Waals surface area (Å²) in [5.74, 6) is -0.101. The summed E-state index contributed by atoms with van der Waals surface area (Å²) >= 11 is 3.30. The van der Waals surface area contributed by atoms with Crippen LogP contribution in [0.2, 0.25) is 0 Å². The molecule has 1 atom stereocenters. The highest BCUT2D eigenvalue weighted by Crippen LogP contribution is 2.37. The van der Waals surface area contributed by atoms with Crippen LogP contribution in [0.25, 0.3) is 9.40 Å². The second-order valence-corrected chi connectivity index (χ2v) is 9.15. The predicted octanol–water partition coefficient (Wildman–Crippen LogP) is 3.66. The van der Waals surface area contributed by atoms with Crippen LogP contribution in [0.4, 0.5) is 0 Å². The molecule has 2 aromatic heterocycles. The van der Waals surface area contributed by atoms with Crippen molar-refractivity contribution in [2.24, 2.45) is 5.92 Å². The fraction of sp³-hybridized carbons (Fsp3) is 0.556. The zero-order chi connectivity index (χ0) is 16.7. The van der Waals surface area contributed by atoms with Gasteiger partial charge in [-0.25, -0.2) is 0 Å². The Bertz CT molecular complexity index is 738. The third kappa shape index (κ3) is 3.03. The Labute approximate surface area is 149 Å². The van der Waals surface area contributed by atoms with E-state index in [0.29, 0.717) is 11.4 Å². The van der Waals surface area contributed by atoms with E-state index in [1.54, 1.807) is 16.2 Å². The molecule has 1 aliphatic heterocycles. The van der Waals surface area contributed by atoms with E-state index in [4.69, 9.17) is 0 Å². The van der Waals surface area contributed by atoms with Crippen molar-refractivity contribution in [1.82, 2.24) is 10.2 Å². The standard InChI is InChI=1S/C18H22N2O2S2/c1-2-14-8-12-9-15(24-18(12)23-14)17(22)20(13-5-6-13)16(21)11-4-3-7-19-10-11/h8-9,11,13,19H,2-7,10H2,1H3. The summed E-state index contributed by atoms with van der Waals surface area (Å²) in [6.07, 6.45) is 4.84. The first-order chi connectivity index (χ1) is 11.7. The fourth-order valence-corrected chi connectivity index (χ4v) is 5.70. The van der Waals surface area contributed by atoms with E-state index in [2.05, 4.69) is 18.3 Å². The quantitative estimate of drug-likeness (QED) is 0.845. The number of fused-ring (bicyclic) bond motifs is 1. The molecule has 24 heavy (non-hydrogen) atoms. The van der Waals surface area contributed by atoms with Crippen LogP contribution in [0.3, 0.4) is 0 Å². The van der Waals surface area contributed by atoms with E-state index in [-0.39, 0.29) is 23.8 Å². The molecule has 1 aliphatic carbocycles. The third-order valence-corrected chi connectivity index (χ3v) is 7.36. The Morgan fingerprint density at radius 1 is 1.25 bits per heavy atom. The van der Waals surface area contributed by atoms with Crippen LogP contribution in [0, 0.1) is 5.92 Å². The van der Waals surface area contributed by atoms with Gasteiger partial charge in [0.2, 0.25) is 5.91 Å². The second-order valence-electron chi connectivity index (χ2n) is 6.71. The molecule has 0 spiro atoms. The van der Waals surface area contributed by atoms with Crippen molar-refractivity contribution >= 4 is 43.9 Å². The van der Waals surface area contributed by atoms with Crippen molar-refractivity contribution < 1.29 is 9.59 Å². The number of hydrogen-bond donors (Lipinski definition) is 1. The molecule has 1 unspecified atom stereocenters. The molecule has 4 nitrogen and oxygen atoms in total. The summed E-state index contributed by atoms with van der Waals surface area (Å²) in [4.78, 5) is 29.6. The summed E-state index contributed by atoms with van der Waals surface area (Å²) in [7, 11) is 0. The van der Waals surface area contributed by atoms with Gasteiger partial charge in [0.25, 0.3) is 5.91 Å². The summed E-state index contributed by atoms with van der Waals surface area (Å²) in [5, 5.41) is 4.43. The maximum atomic E-state index is 13.0. The molecular formula is C18H22N2O2S2. The van der Waals surface area contributed by atoms with E-state index in [1.807, 2.05) is 6.07 Å². The fourth-order valence-electron chi connectivity index (χ4n) is 3.33. The molecule has 2 fully saturated rings. The first kappa shape index (κ1) is 16.2. The molecule has 2 amide bonds. The normalized spacial score (nSPS) is 21.1. The minimum Gasteiger partial charge on any atom is -0.316 e. The highest BCUT2D eigenvalue weighted by molar-refractivity contribution is 7.39. The Balaban J connectivity index is 1.58. The highest BCUT2D eigenvalue weighted by Gasteiger charge is 2.40. The van der Waals surface area contributed by atoms with E-state index >= 15 is 0 Å². The number of hydrogen-bond acceptors (Lipinski definition) is 5. The SMILES string of the molecule is CCc1cc2cc(C(=O)N(C(=O)C3CCCNC3)C3CC3)sc2s1. The van der Waals surface area contributed by atoms with Crippen LogP contribution in [-0.2, 0) is 11.2 Å². The highest BCUT2D eigenvalue weighted by atomic mass is 32.2. The summed E-state index contributed by atoms with van der Waals surface area (Å²) in [5.41, 5.74) is 0. The van der Waals surface area contributed by atoms with Gasteiger partial charge in [-0.2, -0.15) is 0 Å². The molecule has 128 valence electrons. The van der Waals surface area contributed by atoms with Gasteiger partial charge in [-0.1, -0.05) is 6.92 Å². The van der Waals surface area contributed by atoms with Gasteiger partial charge in [0.15, 0.2) is 0 Å². The lowest BCUT2D eigenvalue weighted by Crippen LogP contribution is -2.46. The van der Waals surface area contributed by atoms with Gasteiger partial charge < -0.3 is 5.32 Å². The van der Waals surface area contributed by atoms with Gasteiger partial charge in [-0.15, -0.1) is 22.7 Å². The number of nitrogens with zero attached hydrogens (tertiary/aromatic N) is 1. The number of carbonyl (C=O) groups excluding carboxylic acids is 2. The first-order valence-corrected chi connectivity index (χ1v) is 10.4. The van der Waals surface area contributed by atoms with Gasteiger partial charge in [0.05, 0.1) is 14.8 Å². The molecule has 2 aliphatic rings. The molecule has 1 N–H and O–H groups in total. The van der Waals surface area contributed by atoms with Gasteiger partial charge in [-0.3, -0.25) is 14.5 Å². The van der Waals surface area contributed by atoms with E-state index in [1.165, 1.54) is 20.2 Å². The van der Waals surface area contributed by atoms with Crippen molar-refractivity contribution in [2.75, 3.05) is 13.1 Å². The topological polar surface area (TPSA) is 49.4 Å². The van der Waals surface area contributed by atoms with Gasteiger partial charge >= 0.3 is 0 Å². The number of carbonyl (C=O) groups is 2. The number of rotatable bonds is 4. The molecule has 1 saturated carbocycles. The molecular weight excluding hydrogens is 340 g/mol. The first-order valence-electron chi connectivity index (χ1n) is 8.77. The van der Waals surface area contributed by atoms with Gasteiger partial charge in [0, 0.05) is 22.8 Å². The van der Waals surface area contributed by atoms with Crippen molar-refractivity contribution in [3.63, 3.8) is 0 Å². The summed E-state index contributed by atoms with van der Waals surface area (Å²) in [6.45, 7) is 3.82. The minimum atomic E-state index is -0.0838. The van der Waals surface area contributed by atoms with Crippen molar-refractivity contribution in [3.8, 4) is 0 Å². The van der Waals surface area contributed by atoms with E-state index in [9.17, 15) is 9.59 Å². The molecule has 6 heteroatoms. The Morgan fingerprint density at radius 2 is 2.08 bits per heavy atom. The molecule has 0 bridgehead atoms. The molecule has 1 saturated heterocycles. The molecule has 0 aromatic carbocycles. The third-order valence-electron chi connectivity index (χ3n) is 4.84. The maximum Gasteiger partial charge on any atom is 0.270 e. The number of thiophene rings is 2. The number of aryl methyl sites for hydroxylation is 1. The molecule has 0 radical (unpaired) electrons. The minimum absolute atomic E-state index is 0.0284. The van der Waals surface area contributed by atoms with Crippen LogP contribution in [0.15, 0.2) is 12.1 Å². The zero-order valence-corrected chi connectivity index (χ0v) is 15.5. The molecule has 2 aromatic rings. The molecule has 3 heterocycles. The number of nitrogens with one attached hydrogen (secondary N) is 1. The Morgan fingerprint density at radius 3 is 2.71 bits per heavy atom. The van der Waals surface area contributed by atoms with Crippen molar-refractivity contribution in [3.05, 3.63) is 21.9 Å². The Kier molecular flexibility index (Phi) is 4.45. The van der Waals surface area contributed by atoms with Crippen molar-refractivity contribution in [1.29, 1.82) is 0 Å². The molecule has 4 rings (SSSR count). The lowest BCUT2D eigenvalue weighted by molar-refractivity contribution is -0.133. The summed E-state index contributed by atoms with van der Waals surface area (Å²) < 4.78 is 1.19. The van der Waals surface area contributed by atoms with Crippen LogP contribution in [0.1, 0.15) is 47.2 Å². The van der Waals surface area contributed by atoms with Crippen molar-refractivity contribution in [2.45, 2.75) is 45.1 Å². The Hall–Kier alpha value is -1.24. The summed E-state index contributed by atoms with van der Waals surface area (Å²) in [6, 6.07) is 4.26. The van der Waals surface area contributed by atoms with Crippen LogP contribution in [-0.4, -0.2) is 35.8 Å². The van der Waals surface area contributed by atoms with Crippen LogP contribution < -0.4 is 5.32 Å². The maximum absolute atomic E-state index is 13.0. The van der Waals surface area contributed by atoms with Gasteiger partial charge in [-0.05, 0) is 50.8 Å². The number of piperidine rings is 1. The predicted molar refractivity (Wildman–Crippen MR) is 98.9 cm³/mol. The van der Waals surface area contributed by atoms with E-state index in [0.717, 1.165) is 44.0 Å². The van der Waals surface area contributed by atoms with E-state index < -0.39 is 0 Å². The largest absolute Gasteiger partial charge is 0.316 e. The van der Waals surface area contributed by atoms with Crippen LogP contribution >= 0.6 is 22.7 Å². The number of imide groups is 1. The van der Waals surface area contributed by atoms with Crippen LogP contribution in [0.5, 0.6) is 0 Å².